The van der Waals surface area contributed by atoms with Crippen LogP contribution in [0.25, 0.3) is 0 Å². The zero-order valence-corrected chi connectivity index (χ0v) is 21.9. The Kier molecular flexibility index (Phi) is 10.8. The van der Waals surface area contributed by atoms with Gasteiger partial charge in [-0.3, -0.25) is 4.79 Å². The second-order valence-corrected chi connectivity index (χ2v) is 11.1. The number of ketones is 1. The van der Waals surface area contributed by atoms with Crippen molar-refractivity contribution < 1.29 is 64.6 Å². The van der Waals surface area contributed by atoms with Crippen molar-refractivity contribution in [2.24, 2.45) is 11.3 Å². The van der Waals surface area contributed by atoms with Crippen molar-refractivity contribution in [1.29, 1.82) is 0 Å². The van der Waals surface area contributed by atoms with Crippen molar-refractivity contribution >= 4 is 5.78 Å². The molecule has 0 aromatic heterocycles. The lowest BCUT2D eigenvalue weighted by Gasteiger charge is -2.42. The third kappa shape index (κ3) is 6.97. The Hall–Kier alpha value is -1.07. The highest BCUT2D eigenvalue weighted by Crippen LogP contribution is 2.43. The van der Waals surface area contributed by atoms with Crippen LogP contribution in [-0.4, -0.2) is 134 Å². The molecule has 0 unspecified atom stereocenters. The number of hydrogen-bond acceptors (Lipinski definition) is 13. The molecule has 0 radical (unpaired) electrons. The fraction of sp³-hybridized carbons (Fsp3) is 0.880. The molecule has 2 heterocycles. The number of ether oxygens (including phenoxy) is 4. The Morgan fingerprint density at radius 1 is 0.895 bits per heavy atom. The fourth-order valence-corrected chi connectivity index (χ4v) is 5.41. The van der Waals surface area contributed by atoms with Gasteiger partial charge >= 0.3 is 0 Å². The van der Waals surface area contributed by atoms with Gasteiger partial charge in [-0.25, -0.2) is 0 Å². The van der Waals surface area contributed by atoms with Crippen LogP contribution >= 0.6 is 0 Å². The van der Waals surface area contributed by atoms with Gasteiger partial charge in [0.15, 0.2) is 18.4 Å². The lowest BCUT2D eigenvalue weighted by molar-refractivity contribution is -0.310. The molecule has 0 saturated carbocycles. The summed E-state index contributed by atoms with van der Waals surface area (Å²) in [6, 6.07) is 0. The predicted octanol–water partition coefficient (Wildman–Crippen LogP) is -2.67. The van der Waals surface area contributed by atoms with E-state index < -0.39 is 86.1 Å². The van der Waals surface area contributed by atoms with Gasteiger partial charge in [0.2, 0.25) is 0 Å². The van der Waals surface area contributed by atoms with Gasteiger partial charge in [0.25, 0.3) is 0 Å². The number of rotatable bonds is 10. The molecule has 38 heavy (non-hydrogen) atoms. The van der Waals surface area contributed by atoms with E-state index in [4.69, 9.17) is 18.9 Å². The minimum Gasteiger partial charge on any atom is -0.394 e. The number of allylic oxidation sites excluding steroid dienone is 1. The molecule has 0 bridgehead atoms. The summed E-state index contributed by atoms with van der Waals surface area (Å²) in [6.45, 7) is 4.37. The largest absolute Gasteiger partial charge is 0.394 e. The van der Waals surface area contributed by atoms with E-state index >= 15 is 0 Å². The van der Waals surface area contributed by atoms with Gasteiger partial charge < -0.3 is 59.8 Å². The summed E-state index contributed by atoms with van der Waals surface area (Å²) in [4.78, 5) is 12.4. The highest BCUT2D eigenvalue weighted by molar-refractivity contribution is 5.92. The standard InChI is InChI=1S/C25H42O13/c1-11(36-24-22(34)20(32)18(30)16(9-27)38-24)4-5-14-12(6-13(28)7-25(14,2)3)10-35-23-21(33)19(31)17(29)15(8-26)37-23/h6,11,14-24,26-27,29-34H,4-5,7-10H2,1-3H3/t11-,14-,15-,16-,17-,18-,19+,20+,21-,22-,23-,24-/m1/s1. The van der Waals surface area contributed by atoms with Gasteiger partial charge in [-0.1, -0.05) is 13.8 Å². The van der Waals surface area contributed by atoms with Crippen LogP contribution in [0.2, 0.25) is 0 Å². The summed E-state index contributed by atoms with van der Waals surface area (Å²) < 4.78 is 22.3. The van der Waals surface area contributed by atoms with Crippen LogP contribution in [0.15, 0.2) is 11.6 Å². The van der Waals surface area contributed by atoms with Gasteiger partial charge in [-0.05, 0) is 42.7 Å². The molecule has 220 valence electrons. The predicted molar refractivity (Wildman–Crippen MR) is 128 cm³/mol. The highest BCUT2D eigenvalue weighted by Gasteiger charge is 2.46. The Balaban J connectivity index is 1.63. The first kappa shape index (κ1) is 31.5. The monoisotopic (exact) mass is 550 g/mol. The molecule has 3 aliphatic rings. The maximum atomic E-state index is 12.4. The molecule has 2 saturated heterocycles. The Bertz CT molecular complexity index is 815. The molecule has 3 rings (SSSR count). The summed E-state index contributed by atoms with van der Waals surface area (Å²) in [6.07, 6.45) is -11.7. The number of aliphatic hydroxyl groups excluding tert-OH is 8. The molecule has 13 nitrogen and oxygen atoms in total. The minimum absolute atomic E-state index is 0.0933. The lowest BCUT2D eigenvalue weighted by Crippen LogP contribution is -2.59. The summed E-state index contributed by atoms with van der Waals surface area (Å²) in [5.41, 5.74) is 0.186. The Morgan fingerprint density at radius 3 is 1.97 bits per heavy atom. The molecule has 0 spiro atoms. The number of hydrogen-bond donors (Lipinski definition) is 8. The lowest BCUT2D eigenvalue weighted by atomic mass is 9.66. The SMILES string of the molecule is C[C@H](CC[C@@H]1C(CO[C@@H]2O[C@H](CO)[C@@H](O)[C@H](O)[C@H]2O)=CC(=O)CC1(C)C)O[C@@H]1O[C@H](CO)[C@@H](O)[C@H](O)[C@H]1O. The van der Waals surface area contributed by atoms with E-state index in [9.17, 15) is 45.6 Å². The number of aliphatic hydroxyl groups is 8. The number of carbonyl (C=O) groups excluding carboxylic acids is 1. The van der Waals surface area contributed by atoms with Crippen LogP contribution in [0.1, 0.15) is 40.0 Å². The van der Waals surface area contributed by atoms with E-state index in [2.05, 4.69) is 0 Å². The first-order chi connectivity index (χ1) is 17.8. The van der Waals surface area contributed by atoms with Crippen LogP contribution in [0.5, 0.6) is 0 Å². The molecule has 1 aliphatic carbocycles. The van der Waals surface area contributed by atoms with Gasteiger partial charge in [0, 0.05) is 6.42 Å². The molecule has 8 N–H and O–H groups in total. The third-order valence-electron chi connectivity index (χ3n) is 7.71. The third-order valence-corrected chi connectivity index (χ3v) is 7.71. The smallest absolute Gasteiger partial charge is 0.187 e. The van der Waals surface area contributed by atoms with E-state index in [1.165, 1.54) is 6.08 Å². The molecule has 0 aromatic carbocycles. The second kappa shape index (κ2) is 13.1. The first-order valence-corrected chi connectivity index (χ1v) is 12.9. The van der Waals surface area contributed by atoms with Gasteiger partial charge in [0.05, 0.1) is 25.9 Å². The van der Waals surface area contributed by atoms with Crippen LogP contribution < -0.4 is 0 Å². The molecular formula is C25H42O13. The van der Waals surface area contributed by atoms with Crippen LogP contribution in [-0.2, 0) is 23.7 Å². The average molecular weight is 551 g/mol. The molecule has 2 fully saturated rings. The van der Waals surface area contributed by atoms with Crippen LogP contribution in [0.4, 0.5) is 0 Å². The van der Waals surface area contributed by atoms with Gasteiger partial charge in [0.1, 0.15) is 48.8 Å². The van der Waals surface area contributed by atoms with Crippen LogP contribution in [0, 0.1) is 11.3 Å². The van der Waals surface area contributed by atoms with E-state index in [-0.39, 0.29) is 18.3 Å². The fourth-order valence-electron chi connectivity index (χ4n) is 5.41. The Labute approximate surface area is 221 Å². The van der Waals surface area contributed by atoms with Crippen molar-refractivity contribution in [3.63, 3.8) is 0 Å². The molecule has 0 aromatic rings. The number of carbonyl (C=O) groups is 1. The highest BCUT2D eigenvalue weighted by atomic mass is 16.7. The van der Waals surface area contributed by atoms with E-state index in [0.29, 0.717) is 24.8 Å². The topological polar surface area (TPSA) is 216 Å². The van der Waals surface area contributed by atoms with E-state index in [1.807, 2.05) is 13.8 Å². The summed E-state index contributed by atoms with van der Waals surface area (Å²) in [5, 5.41) is 79.2. The van der Waals surface area contributed by atoms with Crippen molar-refractivity contribution in [2.75, 3.05) is 19.8 Å². The van der Waals surface area contributed by atoms with Crippen molar-refractivity contribution in [3.8, 4) is 0 Å². The van der Waals surface area contributed by atoms with Crippen LogP contribution in [0.3, 0.4) is 0 Å². The zero-order chi connectivity index (χ0) is 28.4. The zero-order valence-electron chi connectivity index (χ0n) is 21.9. The Morgan fingerprint density at radius 2 is 1.42 bits per heavy atom. The molecule has 2 aliphatic heterocycles. The second-order valence-electron chi connectivity index (χ2n) is 11.1. The maximum Gasteiger partial charge on any atom is 0.187 e. The minimum atomic E-state index is -1.58. The summed E-state index contributed by atoms with van der Waals surface area (Å²) in [5.74, 6) is -0.254. The maximum absolute atomic E-state index is 12.4. The van der Waals surface area contributed by atoms with Crippen molar-refractivity contribution in [2.45, 2.75) is 108 Å². The van der Waals surface area contributed by atoms with Gasteiger partial charge in [-0.2, -0.15) is 0 Å². The van der Waals surface area contributed by atoms with E-state index in [0.717, 1.165) is 0 Å². The first-order valence-electron chi connectivity index (χ1n) is 12.9. The molecule has 0 amide bonds. The molecule has 13 heteroatoms. The van der Waals surface area contributed by atoms with E-state index in [1.54, 1.807) is 6.92 Å². The summed E-state index contributed by atoms with van der Waals surface area (Å²) >= 11 is 0. The molecular weight excluding hydrogens is 508 g/mol. The van der Waals surface area contributed by atoms with Crippen molar-refractivity contribution in [3.05, 3.63) is 11.6 Å². The quantitative estimate of drug-likeness (QED) is 0.139. The van der Waals surface area contributed by atoms with Crippen molar-refractivity contribution in [1.82, 2.24) is 0 Å². The average Bonchev–Trinajstić information content (AvgIpc) is 2.86. The van der Waals surface area contributed by atoms with Gasteiger partial charge in [-0.15, -0.1) is 0 Å². The molecule has 12 atom stereocenters. The normalized spacial score (nSPS) is 42.6. The summed E-state index contributed by atoms with van der Waals surface area (Å²) in [7, 11) is 0.